The zero-order chi connectivity index (χ0) is 21.4. The van der Waals surface area contributed by atoms with Crippen LogP contribution in [0.1, 0.15) is 61.8 Å². The number of aliphatic hydroxyl groups excluding tert-OH is 1. The lowest BCUT2D eigenvalue weighted by Crippen LogP contribution is -2.66. The minimum absolute atomic E-state index is 0.0612. The summed E-state index contributed by atoms with van der Waals surface area (Å²) in [4.78, 5) is 14.1. The largest absolute Gasteiger partial charge is 0.386 e. The molecule has 3 aliphatic carbocycles. The number of carbonyl (C=O) groups is 1. The molecule has 5 nitrogen and oxygen atoms in total. The maximum absolute atomic E-state index is 14.1. The molecule has 0 aliphatic heterocycles. The number of hydrogen-bond donors (Lipinski definition) is 3. The molecule has 5 unspecified atom stereocenters. The fraction of sp³-hybridized carbons (Fsp3) is 0.783. The predicted molar refractivity (Wildman–Crippen MR) is 107 cm³/mol. The Labute approximate surface area is 168 Å². The average molecular weight is 393 g/mol. The van der Waals surface area contributed by atoms with Gasteiger partial charge in [0.1, 0.15) is 17.8 Å². The van der Waals surface area contributed by atoms with E-state index in [1.165, 1.54) is 13.8 Å². The zero-order valence-corrected chi connectivity index (χ0v) is 18.4. The predicted octanol–water partition coefficient (Wildman–Crippen LogP) is 2.99. The van der Waals surface area contributed by atoms with Gasteiger partial charge < -0.3 is 20.1 Å². The van der Waals surface area contributed by atoms with Crippen molar-refractivity contribution in [3.05, 3.63) is 23.3 Å². The molecule has 2 bridgehead atoms. The van der Waals surface area contributed by atoms with Gasteiger partial charge in [0.25, 0.3) is 0 Å². The van der Waals surface area contributed by atoms with Gasteiger partial charge in [-0.2, -0.15) is 0 Å². The van der Waals surface area contributed by atoms with Crippen LogP contribution < -0.4 is 0 Å². The summed E-state index contributed by atoms with van der Waals surface area (Å²) in [6, 6.07) is 0. The van der Waals surface area contributed by atoms with E-state index in [2.05, 4.69) is 20.8 Å². The molecule has 0 amide bonds. The summed E-state index contributed by atoms with van der Waals surface area (Å²) in [5.41, 5.74) is -2.21. The zero-order valence-electron chi connectivity index (χ0n) is 18.4. The highest BCUT2D eigenvalue weighted by atomic mass is 16.6. The number of fused-ring (bicyclic) bond motifs is 1. The van der Waals surface area contributed by atoms with Crippen molar-refractivity contribution >= 4 is 5.78 Å². The van der Waals surface area contributed by atoms with Gasteiger partial charge in [-0.05, 0) is 62.5 Å². The number of rotatable bonds is 2. The first kappa shape index (κ1) is 21.7. The summed E-state index contributed by atoms with van der Waals surface area (Å²) in [5, 5.41) is 33.7. The Morgan fingerprint density at radius 1 is 1.14 bits per heavy atom. The van der Waals surface area contributed by atoms with Gasteiger partial charge in [0.05, 0.1) is 5.41 Å². The summed E-state index contributed by atoms with van der Waals surface area (Å²) in [7, 11) is 0. The maximum Gasteiger partial charge on any atom is 0.160 e. The Hall–Kier alpha value is -1.01. The molecule has 1 spiro atoms. The minimum Gasteiger partial charge on any atom is -0.386 e. The third-order valence-electron chi connectivity index (χ3n) is 7.86. The van der Waals surface area contributed by atoms with E-state index in [9.17, 15) is 20.1 Å². The lowest BCUT2D eigenvalue weighted by molar-refractivity contribution is -0.267. The third kappa shape index (κ3) is 2.63. The Morgan fingerprint density at radius 3 is 2.25 bits per heavy atom. The van der Waals surface area contributed by atoms with Crippen molar-refractivity contribution in [1.82, 2.24) is 0 Å². The second-order valence-corrected chi connectivity index (χ2v) is 10.5. The van der Waals surface area contributed by atoms with Crippen LogP contribution in [0.15, 0.2) is 23.3 Å². The number of aliphatic hydroxyl groups is 3. The van der Waals surface area contributed by atoms with Crippen molar-refractivity contribution in [2.75, 3.05) is 0 Å². The summed E-state index contributed by atoms with van der Waals surface area (Å²) in [6.45, 7) is 14.9. The van der Waals surface area contributed by atoms with Crippen LogP contribution in [0.3, 0.4) is 0 Å². The molecule has 7 atom stereocenters. The molecule has 1 saturated carbocycles. The van der Waals surface area contributed by atoms with Crippen molar-refractivity contribution < 1.29 is 24.9 Å². The summed E-state index contributed by atoms with van der Waals surface area (Å²) >= 11 is 0. The van der Waals surface area contributed by atoms with Crippen LogP contribution >= 0.6 is 0 Å². The molecular weight excluding hydrogens is 356 g/mol. The van der Waals surface area contributed by atoms with Crippen LogP contribution in [0, 0.1) is 28.6 Å². The van der Waals surface area contributed by atoms with E-state index in [4.69, 9.17) is 4.74 Å². The lowest BCUT2D eigenvalue weighted by atomic mass is 9.59. The van der Waals surface area contributed by atoms with Crippen molar-refractivity contribution in [1.29, 1.82) is 0 Å². The molecule has 3 aliphatic rings. The molecule has 158 valence electrons. The summed E-state index contributed by atoms with van der Waals surface area (Å²) in [6.07, 6.45) is 2.19. The van der Waals surface area contributed by atoms with Crippen LogP contribution in [0.4, 0.5) is 0 Å². The smallest absolute Gasteiger partial charge is 0.160 e. The second kappa shape index (κ2) is 6.24. The highest BCUT2D eigenvalue weighted by molar-refractivity contribution is 5.95. The van der Waals surface area contributed by atoms with Crippen molar-refractivity contribution in [2.45, 2.75) is 85.4 Å². The van der Waals surface area contributed by atoms with Crippen molar-refractivity contribution in [3.8, 4) is 0 Å². The van der Waals surface area contributed by atoms with Gasteiger partial charge in [-0.3, -0.25) is 4.79 Å². The van der Waals surface area contributed by atoms with E-state index >= 15 is 0 Å². The number of carbonyl (C=O) groups excluding carboxylic acids is 1. The standard InChI is InChI=1S/C23H36O5/c1-12-9-16-18(25)22(15(4)10-14(3)20(16,5)6)11-13(2)17(24)23(22,27)19(12)28-21(7,8)26/h9,11,14-17,19,24,26-27H,10H2,1-8H3/t14-,15+,16?,17?,19?,22?,23?/m0/s1. The summed E-state index contributed by atoms with van der Waals surface area (Å²) < 4.78 is 5.93. The summed E-state index contributed by atoms with van der Waals surface area (Å²) in [5.74, 6) is -1.94. The van der Waals surface area contributed by atoms with E-state index in [-0.39, 0.29) is 23.0 Å². The molecule has 0 aromatic carbocycles. The van der Waals surface area contributed by atoms with Gasteiger partial charge in [-0.1, -0.05) is 39.8 Å². The monoisotopic (exact) mass is 392 g/mol. The number of hydrogen-bond acceptors (Lipinski definition) is 5. The molecule has 0 radical (unpaired) electrons. The molecule has 3 rings (SSSR count). The molecule has 0 aromatic rings. The third-order valence-corrected chi connectivity index (χ3v) is 7.86. The van der Waals surface area contributed by atoms with Gasteiger partial charge in [0.15, 0.2) is 11.6 Å². The van der Waals surface area contributed by atoms with Crippen LogP contribution in [0.5, 0.6) is 0 Å². The number of allylic oxidation sites excluding steroid dienone is 1. The SMILES string of the molecule is CC1=CC23C(=O)C(C=C(C)C(OC(C)(C)O)C2(O)C1O)C(C)(C)[C@@H](C)C[C@H]3C. The molecule has 0 heterocycles. The normalized spacial score (nSPS) is 45.7. The van der Waals surface area contributed by atoms with Crippen LogP contribution in [-0.2, 0) is 9.53 Å². The van der Waals surface area contributed by atoms with Gasteiger partial charge in [0.2, 0.25) is 0 Å². The number of ketones is 1. The topological polar surface area (TPSA) is 87.0 Å². The van der Waals surface area contributed by atoms with E-state index in [0.717, 1.165) is 6.42 Å². The first-order chi connectivity index (χ1) is 12.6. The fourth-order valence-corrected chi connectivity index (χ4v) is 5.92. The molecule has 3 N–H and O–H groups in total. The number of Topliss-reactive ketones (excluding diaryl/α,β-unsaturated/α-hetero) is 1. The van der Waals surface area contributed by atoms with Crippen LogP contribution in [0.2, 0.25) is 0 Å². The van der Waals surface area contributed by atoms with Crippen molar-refractivity contribution in [2.24, 2.45) is 28.6 Å². The first-order valence-electron chi connectivity index (χ1n) is 10.3. The van der Waals surface area contributed by atoms with Crippen LogP contribution in [-0.4, -0.2) is 44.7 Å². The van der Waals surface area contributed by atoms with Crippen LogP contribution in [0.25, 0.3) is 0 Å². The lowest BCUT2D eigenvalue weighted by Gasteiger charge is -2.50. The molecule has 28 heavy (non-hydrogen) atoms. The minimum atomic E-state index is -1.87. The molecule has 1 fully saturated rings. The average Bonchev–Trinajstić information content (AvgIpc) is 2.71. The number of ether oxygens (including phenoxy) is 1. The molecule has 0 saturated heterocycles. The van der Waals surface area contributed by atoms with Crippen molar-refractivity contribution in [3.63, 3.8) is 0 Å². The van der Waals surface area contributed by atoms with E-state index in [1.807, 2.05) is 19.9 Å². The van der Waals surface area contributed by atoms with E-state index < -0.39 is 34.9 Å². The first-order valence-corrected chi connectivity index (χ1v) is 10.3. The van der Waals surface area contributed by atoms with Gasteiger partial charge in [-0.15, -0.1) is 0 Å². The quantitative estimate of drug-likeness (QED) is 0.497. The Kier molecular flexibility index (Phi) is 4.84. The van der Waals surface area contributed by atoms with Gasteiger partial charge in [0, 0.05) is 5.92 Å². The van der Waals surface area contributed by atoms with E-state index in [1.54, 1.807) is 13.0 Å². The molecular formula is C23H36O5. The van der Waals surface area contributed by atoms with Gasteiger partial charge in [-0.25, -0.2) is 0 Å². The maximum atomic E-state index is 14.1. The Bertz CT molecular complexity index is 743. The Balaban J connectivity index is 2.37. The molecule has 5 heteroatoms. The fourth-order valence-electron chi connectivity index (χ4n) is 5.92. The van der Waals surface area contributed by atoms with Gasteiger partial charge >= 0.3 is 0 Å². The molecule has 0 aromatic heterocycles. The Morgan fingerprint density at radius 2 is 1.71 bits per heavy atom. The highest BCUT2D eigenvalue weighted by Crippen LogP contribution is 2.62. The highest BCUT2D eigenvalue weighted by Gasteiger charge is 2.72. The van der Waals surface area contributed by atoms with E-state index in [0.29, 0.717) is 11.1 Å². The second-order valence-electron chi connectivity index (χ2n) is 10.5.